The van der Waals surface area contributed by atoms with E-state index in [0.29, 0.717) is 38.8 Å². The molecule has 1 atom stereocenters. The van der Waals surface area contributed by atoms with E-state index in [1.54, 1.807) is 24.4 Å². The fourth-order valence-electron chi connectivity index (χ4n) is 5.15. The van der Waals surface area contributed by atoms with Crippen molar-refractivity contribution in [2.24, 2.45) is 0 Å². The van der Waals surface area contributed by atoms with Gasteiger partial charge in [0.05, 0.1) is 40.8 Å². The lowest BCUT2D eigenvalue weighted by molar-refractivity contribution is -0.615. The van der Waals surface area contributed by atoms with Crippen LogP contribution >= 0.6 is 11.6 Å². The van der Waals surface area contributed by atoms with Crippen LogP contribution in [0.4, 0.5) is 26.3 Å². The summed E-state index contributed by atoms with van der Waals surface area (Å²) >= 11 is 5.98. The number of amides is 1. The third-order valence-electron chi connectivity index (χ3n) is 7.36. The first kappa shape index (κ1) is 31.0. The van der Waals surface area contributed by atoms with Crippen molar-refractivity contribution in [3.63, 3.8) is 0 Å². The Balaban J connectivity index is 1.37. The van der Waals surface area contributed by atoms with Crippen LogP contribution in [0.15, 0.2) is 67.3 Å². The van der Waals surface area contributed by atoms with E-state index in [0.717, 1.165) is 17.8 Å². The quantitative estimate of drug-likeness (QED) is 0.123. The summed E-state index contributed by atoms with van der Waals surface area (Å²) in [6.07, 6.45) is -0.344. The van der Waals surface area contributed by atoms with Crippen molar-refractivity contribution in [2.45, 2.75) is 31.8 Å². The van der Waals surface area contributed by atoms with Gasteiger partial charge in [0, 0.05) is 36.4 Å². The van der Waals surface area contributed by atoms with Gasteiger partial charge in [0.1, 0.15) is 6.04 Å². The zero-order chi connectivity index (χ0) is 32.7. The second-order valence-corrected chi connectivity index (χ2v) is 10.6. The van der Waals surface area contributed by atoms with E-state index in [9.17, 15) is 32.0 Å². The van der Waals surface area contributed by atoms with E-state index in [-0.39, 0.29) is 39.9 Å². The largest absolute Gasteiger partial charge is 0.618 e. The lowest BCUT2D eigenvalue weighted by atomic mass is 10.0. The van der Waals surface area contributed by atoms with Crippen LogP contribution in [0.2, 0.25) is 5.02 Å². The summed E-state index contributed by atoms with van der Waals surface area (Å²) < 4.78 is 87.4. The Kier molecular flexibility index (Phi) is 8.16. The Hall–Kier alpha value is -4.96. The molecule has 3 aromatic heterocycles. The number of aromatic nitrogens is 6. The molecule has 1 aliphatic heterocycles. The van der Waals surface area contributed by atoms with Gasteiger partial charge in [-0.05, 0) is 35.4 Å². The second-order valence-electron chi connectivity index (χ2n) is 10.2. The highest BCUT2D eigenvalue weighted by atomic mass is 35.5. The molecule has 17 heteroatoms. The predicted octanol–water partition coefficient (Wildman–Crippen LogP) is 5.70. The van der Waals surface area contributed by atoms with E-state index in [1.807, 2.05) is 0 Å². The van der Waals surface area contributed by atoms with Gasteiger partial charge in [-0.25, -0.2) is 9.07 Å². The normalized spacial score (nSPS) is 13.7. The van der Waals surface area contributed by atoms with Crippen molar-refractivity contribution in [1.82, 2.24) is 30.1 Å². The number of rotatable bonds is 9. The van der Waals surface area contributed by atoms with Crippen molar-refractivity contribution in [3.05, 3.63) is 106 Å². The van der Waals surface area contributed by atoms with Crippen molar-refractivity contribution >= 4 is 17.5 Å². The minimum atomic E-state index is -4.81. The van der Waals surface area contributed by atoms with Gasteiger partial charge in [0.25, 0.3) is 5.91 Å². The van der Waals surface area contributed by atoms with Crippen molar-refractivity contribution in [2.75, 3.05) is 6.61 Å². The van der Waals surface area contributed by atoms with E-state index in [1.165, 1.54) is 29.1 Å². The monoisotopic (exact) mass is 663 g/mol. The molecule has 0 aliphatic carbocycles. The number of nitrogens with zero attached hydrogens (tertiary/aromatic N) is 6. The highest BCUT2D eigenvalue weighted by Crippen LogP contribution is 2.35. The van der Waals surface area contributed by atoms with Crippen LogP contribution < -0.4 is 10.0 Å². The highest BCUT2D eigenvalue weighted by Gasteiger charge is 2.35. The standard InChI is InChI=1S/C29H20ClF6N7O3/c30-20-4-6-23(42-14-24(39-40-42)29(34,35)36)25(26(20)31)17-3-5-22(43(45)13-17)21(7-8-46-28(32)33)41-12-18(11-38-41)15-1-2-16-10-37-27(44)19(16)9-15/h1-6,9,11-14,21,28H,7-8,10H2,(H,37,44). The van der Waals surface area contributed by atoms with Crippen LogP contribution in [0.25, 0.3) is 27.9 Å². The Morgan fingerprint density at radius 3 is 2.59 bits per heavy atom. The Bertz CT molecular complexity index is 1940. The first-order valence-electron chi connectivity index (χ1n) is 13.5. The van der Waals surface area contributed by atoms with Gasteiger partial charge in [-0.3, -0.25) is 9.48 Å². The number of carbonyl (C=O) groups excluding carboxylic acids is 1. The van der Waals surface area contributed by atoms with Crippen LogP contribution in [0.5, 0.6) is 0 Å². The summed E-state index contributed by atoms with van der Waals surface area (Å²) in [5.41, 5.74) is 0.674. The third-order valence-corrected chi connectivity index (χ3v) is 7.65. The average Bonchev–Trinajstić information content (AvgIpc) is 3.77. The molecule has 0 saturated carbocycles. The lowest BCUT2D eigenvalue weighted by Crippen LogP contribution is -2.36. The summed E-state index contributed by atoms with van der Waals surface area (Å²) in [5, 5.41) is 26.7. The first-order valence-corrected chi connectivity index (χ1v) is 13.9. The maximum Gasteiger partial charge on any atom is 0.436 e. The SMILES string of the molecule is O=C1NCc2ccc(-c3cnn(C(CCOC(F)F)c4ccc(-c5c(-n6cc(C(F)(F)F)nn6)ccc(Cl)c5F)c[n+]4[O-])c3)cc21. The van der Waals surface area contributed by atoms with Crippen molar-refractivity contribution in [3.8, 4) is 27.9 Å². The zero-order valence-corrected chi connectivity index (χ0v) is 23.9. The number of hydrogen-bond donors (Lipinski definition) is 1. The minimum absolute atomic E-state index is 0.00805. The summed E-state index contributed by atoms with van der Waals surface area (Å²) in [4.78, 5) is 12.1. The van der Waals surface area contributed by atoms with E-state index in [4.69, 9.17) is 11.6 Å². The second kappa shape index (κ2) is 12.1. The molecule has 0 radical (unpaired) electrons. The molecular weight excluding hydrogens is 644 g/mol. The number of halogens is 7. The van der Waals surface area contributed by atoms with Crippen LogP contribution in [-0.2, 0) is 17.5 Å². The molecule has 2 aromatic carbocycles. The zero-order valence-electron chi connectivity index (χ0n) is 23.2. The van der Waals surface area contributed by atoms with Crippen molar-refractivity contribution < 1.29 is 40.6 Å². The maximum absolute atomic E-state index is 15.4. The fourth-order valence-corrected chi connectivity index (χ4v) is 5.31. The number of benzene rings is 2. The molecule has 1 amide bonds. The van der Waals surface area contributed by atoms with Crippen LogP contribution in [0, 0.1) is 11.0 Å². The van der Waals surface area contributed by atoms with Crippen molar-refractivity contribution in [1.29, 1.82) is 0 Å². The molecule has 5 aromatic rings. The number of alkyl halides is 5. The predicted molar refractivity (Wildman–Crippen MR) is 149 cm³/mol. The number of hydrogen-bond acceptors (Lipinski definition) is 6. The third kappa shape index (κ3) is 6.00. The van der Waals surface area contributed by atoms with Gasteiger partial charge in [-0.2, -0.15) is 31.8 Å². The molecule has 238 valence electrons. The topological polar surface area (TPSA) is 114 Å². The molecule has 6 rings (SSSR count). The van der Waals surface area contributed by atoms with E-state index in [2.05, 4.69) is 25.5 Å². The molecule has 0 bridgehead atoms. The van der Waals surface area contributed by atoms with Crippen LogP contribution in [0.3, 0.4) is 0 Å². The number of nitrogens with one attached hydrogen (secondary N) is 1. The molecule has 0 spiro atoms. The van der Waals surface area contributed by atoms with Crippen LogP contribution in [-0.4, -0.2) is 43.9 Å². The Morgan fingerprint density at radius 2 is 1.87 bits per heavy atom. The lowest BCUT2D eigenvalue weighted by Gasteiger charge is -2.18. The van der Waals surface area contributed by atoms with E-state index < -0.39 is 36.9 Å². The smallest absolute Gasteiger partial charge is 0.436 e. The first-order chi connectivity index (χ1) is 21.9. The number of pyridine rings is 1. The van der Waals surface area contributed by atoms with Gasteiger partial charge < -0.3 is 15.3 Å². The molecule has 4 heterocycles. The van der Waals surface area contributed by atoms with Gasteiger partial charge in [-0.15, -0.1) is 5.10 Å². The minimum Gasteiger partial charge on any atom is -0.618 e. The molecule has 1 aliphatic rings. The summed E-state index contributed by atoms with van der Waals surface area (Å²) in [7, 11) is 0. The Labute approximate surface area is 260 Å². The average molecular weight is 664 g/mol. The maximum atomic E-state index is 15.4. The van der Waals surface area contributed by atoms with Gasteiger partial charge >= 0.3 is 12.8 Å². The fraction of sp³-hybridized carbons (Fsp3) is 0.207. The summed E-state index contributed by atoms with van der Waals surface area (Å²) in [6.45, 7) is -3.11. The molecular formula is C29H20ClF6N7O3. The number of carbonyl (C=O) groups is 1. The van der Waals surface area contributed by atoms with E-state index >= 15 is 4.39 Å². The number of ether oxygens (including phenoxy) is 1. The molecule has 46 heavy (non-hydrogen) atoms. The molecule has 0 fully saturated rings. The Morgan fingerprint density at radius 1 is 1.09 bits per heavy atom. The number of fused-ring (bicyclic) bond motifs is 1. The molecule has 0 saturated heterocycles. The molecule has 1 unspecified atom stereocenters. The highest BCUT2D eigenvalue weighted by molar-refractivity contribution is 6.31. The summed E-state index contributed by atoms with van der Waals surface area (Å²) in [6, 6.07) is 9.30. The molecule has 10 nitrogen and oxygen atoms in total. The molecule has 1 N–H and O–H groups in total. The van der Waals surface area contributed by atoms with Gasteiger partial charge in [0.2, 0.25) is 5.69 Å². The van der Waals surface area contributed by atoms with Gasteiger partial charge in [-0.1, -0.05) is 28.9 Å². The van der Waals surface area contributed by atoms with Crippen LogP contribution in [0.1, 0.15) is 39.8 Å². The summed E-state index contributed by atoms with van der Waals surface area (Å²) in [5.74, 6) is -1.25. The van der Waals surface area contributed by atoms with Gasteiger partial charge in [0.15, 0.2) is 17.7 Å².